The van der Waals surface area contributed by atoms with Crippen LogP contribution in [0.15, 0.2) is 22.2 Å². The highest BCUT2D eigenvalue weighted by Gasteiger charge is 2.16. The monoisotopic (exact) mass is 329 g/mol. The Morgan fingerprint density at radius 2 is 2.09 bits per heavy atom. The van der Waals surface area contributed by atoms with Gasteiger partial charge < -0.3 is 10.3 Å². The van der Waals surface area contributed by atoms with Crippen LogP contribution in [0.5, 0.6) is 0 Å². The fourth-order valence-corrected chi connectivity index (χ4v) is 2.83. The van der Waals surface area contributed by atoms with Crippen LogP contribution < -0.4 is 5.73 Å². The molecule has 3 aromatic heterocycles. The van der Waals surface area contributed by atoms with E-state index in [4.69, 9.17) is 10.3 Å². The fourth-order valence-electron chi connectivity index (χ4n) is 2.02. The van der Waals surface area contributed by atoms with E-state index in [9.17, 15) is 4.79 Å². The molecule has 0 aliphatic carbocycles. The van der Waals surface area contributed by atoms with Gasteiger partial charge in [-0.2, -0.15) is 4.98 Å². The third-order valence-corrected chi connectivity index (χ3v) is 4.41. The zero-order chi connectivity index (χ0) is 16.6. The van der Waals surface area contributed by atoms with Gasteiger partial charge in [-0.05, 0) is 18.6 Å². The molecular formula is C15H15N5O2S. The molecule has 0 unspecified atom stereocenters. The summed E-state index contributed by atoms with van der Waals surface area (Å²) < 4.78 is 5.26. The lowest BCUT2D eigenvalue weighted by Gasteiger charge is -2.01. The molecule has 2 N–H and O–H groups in total. The van der Waals surface area contributed by atoms with Gasteiger partial charge >= 0.3 is 0 Å². The topological polar surface area (TPSA) is 108 Å². The van der Waals surface area contributed by atoms with Gasteiger partial charge in [0.2, 0.25) is 5.82 Å². The number of hydrogen-bond donors (Lipinski definition) is 1. The van der Waals surface area contributed by atoms with Gasteiger partial charge in [-0.15, -0.1) is 11.3 Å². The third-order valence-electron chi connectivity index (χ3n) is 3.27. The summed E-state index contributed by atoms with van der Waals surface area (Å²) in [6.07, 6.45) is 1.41. The first-order valence-electron chi connectivity index (χ1n) is 7.02. The van der Waals surface area contributed by atoms with Crippen molar-refractivity contribution in [2.24, 2.45) is 5.73 Å². The summed E-state index contributed by atoms with van der Waals surface area (Å²) in [5.74, 6) is 0.530. The van der Waals surface area contributed by atoms with E-state index >= 15 is 0 Å². The molecule has 1 amide bonds. The maximum atomic E-state index is 11.2. The van der Waals surface area contributed by atoms with Crippen LogP contribution in [-0.4, -0.2) is 26.0 Å². The Hall–Kier alpha value is -2.61. The van der Waals surface area contributed by atoms with Crippen molar-refractivity contribution in [1.29, 1.82) is 0 Å². The van der Waals surface area contributed by atoms with Gasteiger partial charge in [0.05, 0.1) is 10.6 Å². The highest BCUT2D eigenvalue weighted by atomic mass is 32.1. The largest absolute Gasteiger partial charge is 0.366 e. The first-order valence-corrected chi connectivity index (χ1v) is 7.90. The molecule has 0 aliphatic rings. The summed E-state index contributed by atoms with van der Waals surface area (Å²) in [5, 5.41) is 6.87. The zero-order valence-electron chi connectivity index (χ0n) is 12.9. The minimum absolute atomic E-state index is 0.276. The van der Waals surface area contributed by atoms with Crippen LogP contribution in [-0.2, 0) is 0 Å². The van der Waals surface area contributed by atoms with Crippen molar-refractivity contribution >= 4 is 17.2 Å². The van der Waals surface area contributed by atoms with Crippen molar-refractivity contribution < 1.29 is 9.32 Å². The van der Waals surface area contributed by atoms with Gasteiger partial charge in [-0.25, -0.2) is 4.98 Å². The number of pyridine rings is 1. The molecule has 3 heterocycles. The highest BCUT2D eigenvalue weighted by Crippen LogP contribution is 2.26. The number of primary amides is 1. The van der Waals surface area contributed by atoms with Crippen LogP contribution in [0.2, 0.25) is 0 Å². The number of thiazole rings is 1. The van der Waals surface area contributed by atoms with Gasteiger partial charge in [0.25, 0.3) is 11.8 Å². The van der Waals surface area contributed by atoms with E-state index in [1.165, 1.54) is 6.20 Å². The molecule has 3 aromatic rings. The SMILES string of the molecule is Cc1cc(-c2nc(-c3csc(C(C)C)n3)no2)ncc1C(N)=O. The highest BCUT2D eigenvalue weighted by molar-refractivity contribution is 7.10. The summed E-state index contributed by atoms with van der Waals surface area (Å²) in [5.41, 5.74) is 7.52. The lowest BCUT2D eigenvalue weighted by Crippen LogP contribution is -2.13. The Bertz CT molecular complexity index is 868. The molecule has 0 saturated heterocycles. The predicted molar refractivity (Wildman–Crippen MR) is 86.0 cm³/mol. The lowest BCUT2D eigenvalue weighted by atomic mass is 10.1. The van der Waals surface area contributed by atoms with Crippen LogP contribution >= 0.6 is 11.3 Å². The van der Waals surface area contributed by atoms with Crippen LogP contribution in [0, 0.1) is 6.92 Å². The Kier molecular flexibility index (Phi) is 3.91. The van der Waals surface area contributed by atoms with Gasteiger partial charge in [0, 0.05) is 17.5 Å². The number of aromatic nitrogens is 4. The van der Waals surface area contributed by atoms with Gasteiger partial charge in [0.1, 0.15) is 11.4 Å². The van der Waals surface area contributed by atoms with Crippen LogP contribution in [0.1, 0.15) is 40.7 Å². The molecule has 8 heteroatoms. The molecular weight excluding hydrogens is 314 g/mol. The quantitative estimate of drug-likeness (QED) is 0.788. The Morgan fingerprint density at radius 1 is 1.30 bits per heavy atom. The molecule has 0 atom stereocenters. The van der Waals surface area contributed by atoms with Gasteiger partial charge in [-0.1, -0.05) is 19.0 Å². The molecule has 0 bridgehead atoms. The van der Waals surface area contributed by atoms with E-state index in [1.54, 1.807) is 24.3 Å². The molecule has 0 spiro atoms. The van der Waals surface area contributed by atoms with Crippen molar-refractivity contribution in [2.45, 2.75) is 26.7 Å². The van der Waals surface area contributed by atoms with E-state index in [1.807, 2.05) is 5.38 Å². The number of carbonyl (C=O) groups is 1. The number of aryl methyl sites for hydroxylation is 1. The van der Waals surface area contributed by atoms with Crippen molar-refractivity contribution in [3.63, 3.8) is 0 Å². The first kappa shape index (κ1) is 15.3. The summed E-state index contributed by atoms with van der Waals surface area (Å²) in [7, 11) is 0. The van der Waals surface area contributed by atoms with E-state index in [-0.39, 0.29) is 5.89 Å². The normalized spacial score (nSPS) is 11.1. The minimum atomic E-state index is -0.517. The average Bonchev–Trinajstić information content (AvgIpc) is 3.16. The zero-order valence-corrected chi connectivity index (χ0v) is 13.7. The molecule has 23 heavy (non-hydrogen) atoms. The van der Waals surface area contributed by atoms with E-state index in [2.05, 4.69) is 34.0 Å². The first-order chi connectivity index (χ1) is 11.0. The average molecular weight is 329 g/mol. The van der Waals surface area contributed by atoms with Crippen LogP contribution in [0.3, 0.4) is 0 Å². The molecule has 0 saturated carbocycles. The van der Waals surface area contributed by atoms with Crippen molar-refractivity contribution in [3.8, 4) is 23.1 Å². The molecule has 0 radical (unpaired) electrons. The van der Waals surface area contributed by atoms with E-state index in [0.717, 1.165) is 5.01 Å². The summed E-state index contributed by atoms with van der Waals surface area (Å²) in [6.45, 7) is 5.94. The number of carbonyl (C=O) groups excluding carboxylic acids is 1. The van der Waals surface area contributed by atoms with E-state index < -0.39 is 5.91 Å². The number of nitrogens with two attached hydrogens (primary N) is 1. The van der Waals surface area contributed by atoms with Gasteiger partial charge in [-0.3, -0.25) is 9.78 Å². The Labute approximate surface area is 136 Å². The van der Waals surface area contributed by atoms with Crippen molar-refractivity contribution in [2.75, 3.05) is 0 Å². The molecule has 0 fully saturated rings. The van der Waals surface area contributed by atoms with Crippen molar-refractivity contribution in [1.82, 2.24) is 20.1 Å². The minimum Gasteiger partial charge on any atom is -0.366 e. The number of hydrogen-bond acceptors (Lipinski definition) is 7. The maximum Gasteiger partial charge on any atom is 0.276 e. The number of rotatable bonds is 4. The Balaban J connectivity index is 1.92. The second-order valence-corrected chi connectivity index (χ2v) is 6.29. The standard InChI is InChI=1S/C15H15N5O2S/c1-7(2)15-18-11(6-23-15)13-19-14(22-20-13)10-4-8(3)9(5-17-10)12(16)21/h4-7H,1-3H3,(H2,16,21). The number of nitrogens with zero attached hydrogens (tertiary/aromatic N) is 4. The van der Waals surface area contributed by atoms with Crippen molar-refractivity contribution in [3.05, 3.63) is 33.8 Å². The third kappa shape index (κ3) is 2.98. The predicted octanol–water partition coefficient (Wildman–Crippen LogP) is 2.79. The summed E-state index contributed by atoms with van der Waals surface area (Å²) in [6, 6.07) is 1.69. The van der Waals surface area contributed by atoms with Crippen LogP contribution in [0.4, 0.5) is 0 Å². The van der Waals surface area contributed by atoms with E-state index in [0.29, 0.717) is 34.3 Å². The number of amides is 1. The molecule has 0 aromatic carbocycles. The molecule has 118 valence electrons. The second kappa shape index (κ2) is 5.88. The van der Waals surface area contributed by atoms with Crippen LogP contribution in [0.25, 0.3) is 23.1 Å². The Morgan fingerprint density at radius 3 is 2.70 bits per heavy atom. The molecule has 0 aliphatic heterocycles. The summed E-state index contributed by atoms with van der Waals surface area (Å²) >= 11 is 1.57. The maximum absolute atomic E-state index is 11.2. The smallest absolute Gasteiger partial charge is 0.276 e. The van der Waals surface area contributed by atoms with Gasteiger partial charge in [0.15, 0.2) is 0 Å². The fraction of sp³-hybridized carbons (Fsp3) is 0.267. The molecule has 3 rings (SSSR count). The molecule has 7 nitrogen and oxygen atoms in total. The summed E-state index contributed by atoms with van der Waals surface area (Å²) in [4.78, 5) is 24.2. The second-order valence-electron chi connectivity index (χ2n) is 5.40. The lowest BCUT2D eigenvalue weighted by molar-refractivity contribution is 0.0999.